The highest BCUT2D eigenvalue weighted by Gasteiger charge is 2.50. The van der Waals surface area contributed by atoms with Gasteiger partial charge >= 0.3 is 0 Å². The molecule has 0 rings (SSSR count). The third-order valence-electron chi connectivity index (χ3n) is 7.68. The van der Waals surface area contributed by atoms with E-state index in [1.165, 1.54) is 25.7 Å². The van der Waals surface area contributed by atoms with Gasteiger partial charge in [-0.25, -0.2) is 0 Å². The van der Waals surface area contributed by atoms with Gasteiger partial charge in [0.15, 0.2) is 0 Å². The standard InChI is InChI=1S/C25H47NO3.C9H18O2/c1-4-7-10-13-16-19-22(27)25(26,23(28)20-17-14-11-8-5-2)24(29)21-18-15-12-9-6-3;1-2-3-4-5-6-7-8-9(10)11/h4-21,26H2,1-3H3;2-8H2,1H3,(H,10,11). The lowest BCUT2D eigenvalue weighted by molar-refractivity contribution is -0.421. The van der Waals surface area contributed by atoms with Gasteiger partial charge in [-0.3, -0.25) is 14.4 Å². The number of rotatable bonds is 28. The lowest BCUT2D eigenvalue weighted by Crippen LogP contribution is -2.84. The summed E-state index contributed by atoms with van der Waals surface area (Å²) in [6, 6.07) is 0. The zero-order valence-corrected chi connectivity index (χ0v) is 26.9. The molecule has 0 aliphatic rings. The molecule has 236 valence electrons. The van der Waals surface area contributed by atoms with Gasteiger partial charge in [0.05, 0.1) is 0 Å². The number of Topliss-reactive ketones (excluding diaryl/α,β-unsaturated/α-hetero) is 3. The predicted octanol–water partition coefficient (Wildman–Crippen LogP) is 7.24. The second-order valence-electron chi connectivity index (χ2n) is 11.6. The minimum Gasteiger partial charge on any atom is -0.550 e. The monoisotopic (exact) mass is 567 g/mol. The van der Waals surface area contributed by atoms with E-state index in [0.717, 1.165) is 109 Å². The summed E-state index contributed by atoms with van der Waals surface area (Å²) in [7, 11) is 0. The highest BCUT2D eigenvalue weighted by Crippen LogP contribution is 2.19. The fourth-order valence-corrected chi connectivity index (χ4v) is 4.82. The number of hydrogen-bond acceptors (Lipinski definition) is 5. The first-order valence-electron chi connectivity index (χ1n) is 16.9. The van der Waals surface area contributed by atoms with Gasteiger partial charge in [-0.05, 0) is 32.1 Å². The first kappa shape index (κ1) is 40.6. The van der Waals surface area contributed by atoms with Gasteiger partial charge in [-0.15, -0.1) is 0 Å². The van der Waals surface area contributed by atoms with Crippen molar-refractivity contribution in [1.82, 2.24) is 0 Å². The van der Waals surface area contributed by atoms with E-state index in [0.29, 0.717) is 19.3 Å². The van der Waals surface area contributed by atoms with Gasteiger partial charge in [-0.1, -0.05) is 137 Å². The molecule has 0 saturated heterocycles. The molecule has 0 aromatic carbocycles. The lowest BCUT2D eigenvalue weighted by atomic mass is 9.79. The SMILES string of the molecule is CCCCCCCC(=O)C([NH3+])(C(=O)CCCCCCC)C(=O)CCCCCCC.CCCCCCCCC(=O)[O-]. The maximum absolute atomic E-state index is 12.9. The number of carboxylic acid groups (broad SMARTS) is 1. The first-order valence-corrected chi connectivity index (χ1v) is 16.9. The van der Waals surface area contributed by atoms with E-state index in [-0.39, 0.29) is 23.8 Å². The van der Waals surface area contributed by atoms with Crippen molar-refractivity contribution in [3.8, 4) is 0 Å². The van der Waals surface area contributed by atoms with Crippen molar-refractivity contribution >= 4 is 23.3 Å². The Kier molecular flexibility index (Phi) is 29.4. The van der Waals surface area contributed by atoms with Crippen molar-refractivity contribution in [2.75, 3.05) is 0 Å². The molecule has 6 nitrogen and oxygen atoms in total. The number of carbonyl (C=O) groups excluding carboxylic acids is 4. The molecule has 0 bridgehead atoms. The fourth-order valence-electron chi connectivity index (χ4n) is 4.82. The number of ketones is 3. The Bertz CT molecular complexity index is 582. The van der Waals surface area contributed by atoms with Crippen LogP contribution in [0.3, 0.4) is 0 Å². The van der Waals surface area contributed by atoms with Gasteiger partial charge in [-0.2, -0.15) is 0 Å². The normalized spacial score (nSPS) is 11.1. The van der Waals surface area contributed by atoms with Crippen LogP contribution in [0.2, 0.25) is 0 Å². The summed E-state index contributed by atoms with van der Waals surface area (Å²) in [6.07, 6.45) is 23.3. The average Bonchev–Trinajstić information content (AvgIpc) is 2.93. The molecule has 0 fully saturated rings. The molecule has 0 saturated carbocycles. The zero-order chi connectivity index (χ0) is 30.5. The molecular formula is C34H65NO5. The van der Waals surface area contributed by atoms with Crippen molar-refractivity contribution in [1.29, 1.82) is 0 Å². The van der Waals surface area contributed by atoms with E-state index in [1.807, 2.05) is 0 Å². The highest BCUT2D eigenvalue weighted by atomic mass is 16.4. The number of carbonyl (C=O) groups is 4. The highest BCUT2D eigenvalue weighted by molar-refractivity contribution is 6.27. The first-order chi connectivity index (χ1) is 19.2. The second kappa shape index (κ2) is 29.0. The molecule has 40 heavy (non-hydrogen) atoms. The topological polar surface area (TPSA) is 119 Å². The summed E-state index contributed by atoms with van der Waals surface area (Å²) in [6.45, 7) is 8.64. The molecule has 0 aromatic rings. The number of aliphatic carboxylic acids is 1. The van der Waals surface area contributed by atoms with Crippen molar-refractivity contribution in [3.63, 3.8) is 0 Å². The predicted molar refractivity (Wildman–Crippen MR) is 164 cm³/mol. The van der Waals surface area contributed by atoms with Crippen molar-refractivity contribution < 1.29 is 30.0 Å². The quantitative estimate of drug-likeness (QED) is 0.0789. The van der Waals surface area contributed by atoms with Crippen LogP contribution in [0.4, 0.5) is 0 Å². The zero-order valence-electron chi connectivity index (χ0n) is 26.9. The van der Waals surface area contributed by atoms with Gasteiger partial charge in [0.1, 0.15) is 0 Å². The molecule has 0 atom stereocenters. The Morgan fingerprint density at radius 2 is 0.650 bits per heavy atom. The van der Waals surface area contributed by atoms with Gasteiger partial charge < -0.3 is 15.6 Å². The van der Waals surface area contributed by atoms with E-state index in [4.69, 9.17) is 0 Å². The van der Waals surface area contributed by atoms with E-state index < -0.39 is 11.5 Å². The minimum atomic E-state index is -1.65. The van der Waals surface area contributed by atoms with Crippen LogP contribution in [0.15, 0.2) is 0 Å². The van der Waals surface area contributed by atoms with E-state index in [2.05, 4.69) is 33.4 Å². The van der Waals surface area contributed by atoms with Crippen LogP contribution in [0, 0.1) is 0 Å². The number of unbranched alkanes of at least 4 members (excludes halogenated alkanes) is 17. The summed E-state index contributed by atoms with van der Waals surface area (Å²) >= 11 is 0. The maximum atomic E-state index is 12.9. The smallest absolute Gasteiger partial charge is 0.270 e. The van der Waals surface area contributed by atoms with Crippen LogP contribution in [0.1, 0.15) is 188 Å². The molecule has 0 amide bonds. The molecule has 0 aliphatic carbocycles. The van der Waals surface area contributed by atoms with Crippen LogP contribution < -0.4 is 10.8 Å². The summed E-state index contributed by atoms with van der Waals surface area (Å²) < 4.78 is 0. The fraction of sp³-hybridized carbons (Fsp3) is 0.882. The van der Waals surface area contributed by atoms with Gasteiger partial charge in [0.2, 0.25) is 17.3 Å². The molecule has 3 N–H and O–H groups in total. The molecule has 0 heterocycles. The summed E-state index contributed by atoms with van der Waals surface area (Å²) in [5.74, 6) is -1.65. The number of carboxylic acids is 1. The summed E-state index contributed by atoms with van der Waals surface area (Å²) in [5, 5.41) is 9.98. The Hall–Kier alpha value is -1.56. The summed E-state index contributed by atoms with van der Waals surface area (Å²) in [4.78, 5) is 48.8. The van der Waals surface area contributed by atoms with Gasteiger partial charge in [0, 0.05) is 25.2 Å². The number of quaternary nitrogens is 1. The second-order valence-corrected chi connectivity index (χ2v) is 11.6. The van der Waals surface area contributed by atoms with Crippen molar-refractivity contribution in [3.05, 3.63) is 0 Å². The Labute approximate surface area is 247 Å². The third-order valence-corrected chi connectivity index (χ3v) is 7.68. The molecular weight excluding hydrogens is 502 g/mol. The Balaban J connectivity index is 0. The third kappa shape index (κ3) is 22.2. The average molecular weight is 568 g/mol. The molecule has 0 radical (unpaired) electrons. The van der Waals surface area contributed by atoms with E-state index >= 15 is 0 Å². The van der Waals surface area contributed by atoms with Crippen LogP contribution in [-0.2, 0) is 19.2 Å². The largest absolute Gasteiger partial charge is 0.550 e. The Morgan fingerprint density at radius 1 is 0.425 bits per heavy atom. The maximum Gasteiger partial charge on any atom is 0.270 e. The Morgan fingerprint density at radius 3 is 0.900 bits per heavy atom. The van der Waals surface area contributed by atoms with Crippen LogP contribution in [0.5, 0.6) is 0 Å². The van der Waals surface area contributed by atoms with Gasteiger partial charge in [0.25, 0.3) is 5.54 Å². The lowest BCUT2D eigenvalue weighted by Gasteiger charge is -2.22. The van der Waals surface area contributed by atoms with E-state index in [9.17, 15) is 24.3 Å². The number of hydrogen-bond donors (Lipinski definition) is 1. The van der Waals surface area contributed by atoms with Crippen LogP contribution in [0.25, 0.3) is 0 Å². The summed E-state index contributed by atoms with van der Waals surface area (Å²) in [5.41, 5.74) is 2.31. The van der Waals surface area contributed by atoms with Crippen LogP contribution in [-0.4, -0.2) is 28.9 Å². The van der Waals surface area contributed by atoms with Crippen LogP contribution >= 0.6 is 0 Å². The molecule has 0 unspecified atom stereocenters. The molecule has 6 heteroatoms. The van der Waals surface area contributed by atoms with E-state index in [1.54, 1.807) is 0 Å². The minimum absolute atomic E-state index is 0.228. The van der Waals surface area contributed by atoms with Crippen molar-refractivity contribution in [2.24, 2.45) is 0 Å². The molecule has 0 aliphatic heterocycles. The van der Waals surface area contributed by atoms with Crippen molar-refractivity contribution in [2.45, 2.75) is 194 Å². The molecule has 0 aromatic heterocycles. The molecule has 0 spiro atoms.